The summed E-state index contributed by atoms with van der Waals surface area (Å²) < 4.78 is 26.4. The standard InChI is InChI=1S/C32H35Cl3N2O7/c33-32(34,35)22-44-31(39)37-12-11-28(29(20-37)43-21-23-5-6-24-3-1-2-4-26(24)19-23)25-7-9-27(10-8-25)41-17-18-42-30(38)36-13-15-40-16-14-36/h1-10,19,28-29H,11-18,20-22H2. The Bertz CT molecular complexity index is 1400. The van der Waals surface area contributed by atoms with Crippen LogP contribution >= 0.6 is 34.8 Å². The van der Waals surface area contributed by atoms with Gasteiger partial charge in [-0.2, -0.15) is 0 Å². The Morgan fingerprint density at radius 2 is 1.57 bits per heavy atom. The molecule has 2 aliphatic heterocycles. The van der Waals surface area contributed by atoms with Crippen molar-refractivity contribution in [3.8, 4) is 5.75 Å². The molecule has 0 aliphatic carbocycles. The Hall–Kier alpha value is -2.95. The fourth-order valence-electron chi connectivity index (χ4n) is 5.34. The highest BCUT2D eigenvalue weighted by atomic mass is 35.6. The lowest BCUT2D eigenvalue weighted by Crippen LogP contribution is -2.47. The smallest absolute Gasteiger partial charge is 0.410 e. The molecule has 0 saturated carbocycles. The van der Waals surface area contributed by atoms with Crippen molar-refractivity contribution < 1.29 is 33.3 Å². The number of fused-ring (bicyclic) bond motifs is 1. The van der Waals surface area contributed by atoms with Crippen molar-refractivity contribution in [1.29, 1.82) is 0 Å². The van der Waals surface area contributed by atoms with E-state index >= 15 is 0 Å². The van der Waals surface area contributed by atoms with Crippen LogP contribution in [0.3, 0.4) is 0 Å². The molecule has 9 nitrogen and oxygen atoms in total. The minimum Gasteiger partial charge on any atom is -0.490 e. The number of hydrogen-bond donors (Lipinski definition) is 0. The number of alkyl halides is 3. The maximum absolute atomic E-state index is 12.8. The highest BCUT2D eigenvalue weighted by Crippen LogP contribution is 2.33. The van der Waals surface area contributed by atoms with Gasteiger partial charge >= 0.3 is 12.2 Å². The molecule has 2 fully saturated rings. The van der Waals surface area contributed by atoms with E-state index in [1.165, 1.54) is 0 Å². The Morgan fingerprint density at radius 3 is 2.32 bits per heavy atom. The molecule has 0 aromatic heterocycles. The minimum absolute atomic E-state index is 0.0243. The SMILES string of the molecule is O=C(OCCOc1ccc(C2CCN(C(=O)OCC(Cl)(Cl)Cl)CC2OCc2ccc3ccccc3c2)cc1)N1CCOCC1. The van der Waals surface area contributed by atoms with E-state index in [-0.39, 0.29) is 37.9 Å². The Labute approximate surface area is 271 Å². The monoisotopic (exact) mass is 664 g/mol. The first-order chi connectivity index (χ1) is 21.2. The first kappa shape index (κ1) is 32.4. The normalized spacial score (nSPS) is 19.1. The molecule has 2 heterocycles. The van der Waals surface area contributed by atoms with Crippen molar-refractivity contribution in [2.24, 2.45) is 0 Å². The highest BCUT2D eigenvalue weighted by molar-refractivity contribution is 6.67. The molecule has 2 atom stereocenters. The largest absolute Gasteiger partial charge is 0.490 e. The number of ether oxygens (including phenoxy) is 5. The van der Waals surface area contributed by atoms with Crippen molar-refractivity contribution in [1.82, 2.24) is 9.80 Å². The number of hydrogen-bond acceptors (Lipinski definition) is 7. The Kier molecular flexibility index (Phi) is 11.3. The molecule has 3 aromatic carbocycles. The molecular weight excluding hydrogens is 631 g/mol. The van der Waals surface area contributed by atoms with Crippen molar-refractivity contribution in [3.05, 3.63) is 77.9 Å². The lowest BCUT2D eigenvalue weighted by molar-refractivity contribution is -0.0236. The molecule has 2 saturated heterocycles. The number of rotatable bonds is 9. The molecule has 2 amide bonds. The zero-order valence-corrected chi connectivity index (χ0v) is 26.4. The van der Waals surface area contributed by atoms with E-state index in [4.69, 9.17) is 58.5 Å². The Morgan fingerprint density at radius 1 is 0.841 bits per heavy atom. The molecule has 0 bridgehead atoms. The first-order valence-corrected chi connectivity index (χ1v) is 15.7. The van der Waals surface area contributed by atoms with Crippen LogP contribution in [0.5, 0.6) is 5.75 Å². The van der Waals surface area contributed by atoms with Crippen molar-refractivity contribution in [2.45, 2.75) is 28.8 Å². The number of carbonyl (C=O) groups excluding carboxylic acids is 2. The quantitative estimate of drug-likeness (QED) is 0.189. The number of piperidine rings is 1. The van der Waals surface area contributed by atoms with E-state index in [0.717, 1.165) is 21.9 Å². The van der Waals surface area contributed by atoms with Gasteiger partial charge in [0.2, 0.25) is 3.79 Å². The molecule has 5 rings (SSSR count). The molecule has 2 unspecified atom stereocenters. The highest BCUT2D eigenvalue weighted by Gasteiger charge is 2.35. The summed E-state index contributed by atoms with van der Waals surface area (Å²) in [5, 5.41) is 2.30. The second-order valence-electron chi connectivity index (χ2n) is 10.7. The average Bonchev–Trinajstić information content (AvgIpc) is 3.04. The van der Waals surface area contributed by atoms with E-state index in [1.807, 2.05) is 36.4 Å². The third-order valence-corrected chi connectivity index (χ3v) is 7.94. The topological polar surface area (TPSA) is 86.8 Å². The number of amides is 2. The fourth-order valence-corrected chi connectivity index (χ4v) is 5.50. The van der Waals surface area contributed by atoms with Gasteiger partial charge in [0.1, 0.15) is 25.6 Å². The second-order valence-corrected chi connectivity index (χ2v) is 13.2. The van der Waals surface area contributed by atoms with Crippen LogP contribution in [0.25, 0.3) is 10.8 Å². The van der Waals surface area contributed by atoms with Crippen molar-refractivity contribution in [2.75, 3.05) is 59.2 Å². The number of benzene rings is 3. The summed E-state index contributed by atoms with van der Waals surface area (Å²) in [4.78, 5) is 28.1. The lowest BCUT2D eigenvalue weighted by atomic mass is 9.87. The molecule has 0 spiro atoms. The van der Waals surface area contributed by atoms with Crippen molar-refractivity contribution >= 4 is 57.8 Å². The number of likely N-dealkylation sites (tertiary alicyclic amines) is 1. The molecule has 0 radical (unpaired) electrons. The van der Waals surface area contributed by atoms with Crippen molar-refractivity contribution in [3.63, 3.8) is 0 Å². The zero-order valence-electron chi connectivity index (χ0n) is 24.2. The van der Waals surface area contributed by atoms with Gasteiger partial charge in [-0.1, -0.05) is 83.3 Å². The summed E-state index contributed by atoms with van der Waals surface area (Å²) in [7, 11) is 0. The maximum atomic E-state index is 12.8. The van der Waals surface area contributed by atoms with Crippen LogP contribution in [0, 0.1) is 0 Å². The van der Waals surface area contributed by atoms with E-state index in [9.17, 15) is 9.59 Å². The fraction of sp³-hybridized carbons (Fsp3) is 0.438. The second kappa shape index (κ2) is 15.4. The lowest BCUT2D eigenvalue weighted by Gasteiger charge is -2.38. The van der Waals surface area contributed by atoms with Gasteiger partial charge in [0.05, 0.1) is 32.5 Å². The number of nitrogens with zero attached hydrogens (tertiary/aromatic N) is 2. The van der Waals surface area contributed by atoms with Gasteiger partial charge in [-0.15, -0.1) is 0 Å². The minimum atomic E-state index is -1.69. The molecular formula is C32H35Cl3N2O7. The molecule has 236 valence electrons. The summed E-state index contributed by atoms with van der Waals surface area (Å²) in [6.07, 6.45) is -0.554. The average molecular weight is 666 g/mol. The van der Waals surface area contributed by atoms with Gasteiger partial charge in [-0.25, -0.2) is 9.59 Å². The molecule has 0 N–H and O–H groups in total. The number of halogens is 3. The summed E-state index contributed by atoms with van der Waals surface area (Å²) in [5.41, 5.74) is 2.10. The van der Waals surface area contributed by atoms with Crippen LogP contribution < -0.4 is 4.74 Å². The summed E-state index contributed by atoms with van der Waals surface area (Å²) >= 11 is 17.3. The third-order valence-electron chi connectivity index (χ3n) is 7.61. The van der Waals surface area contributed by atoms with Crippen LogP contribution in [0.1, 0.15) is 23.5 Å². The molecule has 3 aromatic rings. The van der Waals surface area contributed by atoms with E-state index < -0.39 is 9.89 Å². The van der Waals surface area contributed by atoms with Crippen LogP contribution in [0.15, 0.2) is 66.7 Å². The zero-order chi connectivity index (χ0) is 30.9. The van der Waals surface area contributed by atoms with Gasteiger partial charge in [0, 0.05) is 25.6 Å². The summed E-state index contributed by atoms with van der Waals surface area (Å²) in [6, 6.07) is 22.2. The van der Waals surface area contributed by atoms with E-state index in [1.54, 1.807) is 9.80 Å². The maximum Gasteiger partial charge on any atom is 0.410 e. The van der Waals surface area contributed by atoms with Crippen LogP contribution in [-0.4, -0.2) is 91.1 Å². The summed E-state index contributed by atoms with van der Waals surface area (Å²) in [6.45, 7) is 3.32. The van der Waals surface area contributed by atoms with Gasteiger partial charge < -0.3 is 33.5 Å². The predicted molar refractivity (Wildman–Crippen MR) is 169 cm³/mol. The molecule has 2 aliphatic rings. The molecule has 12 heteroatoms. The van der Waals surface area contributed by atoms with E-state index in [2.05, 4.69) is 30.3 Å². The van der Waals surface area contributed by atoms with Crippen LogP contribution in [0.4, 0.5) is 9.59 Å². The van der Waals surface area contributed by atoms with Crippen LogP contribution in [0.2, 0.25) is 0 Å². The summed E-state index contributed by atoms with van der Waals surface area (Å²) in [5.74, 6) is 0.689. The van der Waals surface area contributed by atoms with E-state index in [0.29, 0.717) is 58.2 Å². The van der Waals surface area contributed by atoms with Crippen LogP contribution in [-0.2, 0) is 25.6 Å². The predicted octanol–water partition coefficient (Wildman–Crippen LogP) is 6.57. The third kappa shape index (κ3) is 9.28. The van der Waals surface area contributed by atoms with Gasteiger partial charge in [0.15, 0.2) is 0 Å². The number of morpholine rings is 1. The number of carbonyl (C=O) groups is 2. The first-order valence-electron chi connectivity index (χ1n) is 14.5. The molecule has 44 heavy (non-hydrogen) atoms. The van der Waals surface area contributed by atoms with Gasteiger partial charge in [-0.3, -0.25) is 0 Å². The van der Waals surface area contributed by atoms with Gasteiger partial charge in [-0.05, 0) is 46.5 Å². The van der Waals surface area contributed by atoms with Gasteiger partial charge in [0.25, 0.3) is 0 Å². The Balaban J connectivity index is 1.19.